The highest BCUT2D eigenvalue weighted by molar-refractivity contribution is 5.96. The lowest BCUT2D eigenvalue weighted by Crippen LogP contribution is -2.11. The first-order chi connectivity index (χ1) is 10.1. The van der Waals surface area contributed by atoms with Crippen molar-refractivity contribution in [1.82, 2.24) is 0 Å². The topological polar surface area (TPSA) is 64.6 Å². The van der Waals surface area contributed by atoms with E-state index in [1.165, 1.54) is 20.1 Å². The van der Waals surface area contributed by atoms with Crippen LogP contribution in [0, 0.1) is 0 Å². The normalized spacial score (nSPS) is 9.81. The van der Waals surface area contributed by atoms with E-state index in [4.69, 9.17) is 9.47 Å². The zero-order valence-electron chi connectivity index (χ0n) is 11.8. The Morgan fingerprint density at radius 1 is 1.05 bits per heavy atom. The number of hydrogen-bond donors (Lipinski definition) is 1. The lowest BCUT2D eigenvalue weighted by atomic mass is 10.2. The van der Waals surface area contributed by atoms with Gasteiger partial charge in [-0.2, -0.15) is 0 Å². The van der Waals surface area contributed by atoms with Crippen molar-refractivity contribution < 1.29 is 19.1 Å². The van der Waals surface area contributed by atoms with Crippen molar-refractivity contribution in [3.8, 4) is 11.5 Å². The van der Waals surface area contributed by atoms with E-state index in [9.17, 15) is 9.59 Å². The Morgan fingerprint density at radius 2 is 1.76 bits per heavy atom. The summed E-state index contributed by atoms with van der Waals surface area (Å²) in [5, 5.41) is 2.61. The van der Waals surface area contributed by atoms with Crippen LogP contribution in [-0.2, 0) is 4.79 Å². The highest BCUT2D eigenvalue weighted by Crippen LogP contribution is 2.26. The summed E-state index contributed by atoms with van der Waals surface area (Å²) in [6, 6.07) is 13.5. The van der Waals surface area contributed by atoms with Crippen molar-refractivity contribution in [2.24, 2.45) is 0 Å². The van der Waals surface area contributed by atoms with Gasteiger partial charge in [0.1, 0.15) is 11.5 Å². The van der Waals surface area contributed by atoms with Crippen LogP contribution in [0.15, 0.2) is 48.5 Å². The third-order valence-electron chi connectivity index (χ3n) is 2.70. The summed E-state index contributed by atoms with van der Waals surface area (Å²) in [6.45, 7) is 1.38. The average Bonchev–Trinajstić information content (AvgIpc) is 2.47. The van der Waals surface area contributed by atoms with Gasteiger partial charge in [0.25, 0.3) is 0 Å². The van der Waals surface area contributed by atoms with Crippen molar-refractivity contribution in [2.45, 2.75) is 6.92 Å². The highest BCUT2D eigenvalue weighted by Gasteiger charge is 2.13. The summed E-state index contributed by atoms with van der Waals surface area (Å²) in [5.41, 5.74) is 0.746. The molecule has 0 aliphatic carbocycles. The number of amides is 1. The first kappa shape index (κ1) is 14.6. The molecule has 0 aromatic heterocycles. The maximum Gasteiger partial charge on any atom is 0.343 e. The highest BCUT2D eigenvalue weighted by atomic mass is 16.5. The number of methoxy groups -OCH3 is 1. The van der Waals surface area contributed by atoms with Gasteiger partial charge in [-0.25, -0.2) is 4.79 Å². The zero-order chi connectivity index (χ0) is 15.2. The molecule has 0 aliphatic heterocycles. The number of ether oxygens (including phenoxy) is 2. The minimum Gasteiger partial charge on any atom is -0.495 e. The molecule has 2 rings (SSSR count). The zero-order valence-corrected chi connectivity index (χ0v) is 11.8. The lowest BCUT2D eigenvalue weighted by Gasteiger charge is -2.10. The minimum atomic E-state index is -0.504. The van der Waals surface area contributed by atoms with Gasteiger partial charge in [0, 0.05) is 6.92 Å². The van der Waals surface area contributed by atoms with E-state index in [1.54, 1.807) is 36.4 Å². The van der Waals surface area contributed by atoms with E-state index in [0.29, 0.717) is 22.7 Å². The molecule has 0 aliphatic rings. The summed E-state index contributed by atoms with van der Waals surface area (Å²) in [4.78, 5) is 23.2. The molecule has 2 aromatic carbocycles. The van der Waals surface area contributed by atoms with Crippen molar-refractivity contribution in [3.63, 3.8) is 0 Å². The second-order valence-corrected chi connectivity index (χ2v) is 4.30. The number of nitrogens with one attached hydrogen (secondary N) is 1. The van der Waals surface area contributed by atoms with Crippen LogP contribution >= 0.6 is 0 Å². The number of anilines is 1. The molecule has 0 radical (unpaired) electrons. The maximum atomic E-state index is 12.1. The predicted octanol–water partition coefficient (Wildman–Crippen LogP) is 2.87. The van der Waals surface area contributed by atoms with Crippen molar-refractivity contribution >= 4 is 17.6 Å². The van der Waals surface area contributed by atoms with Crippen LogP contribution in [0.3, 0.4) is 0 Å². The fourth-order valence-corrected chi connectivity index (χ4v) is 1.78. The molecule has 0 bridgehead atoms. The van der Waals surface area contributed by atoms with E-state index in [-0.39, 0.29) is 5.91 Å². The first-order valence-corrected chi connectivity index (χ1v) is 6.33. The number of benzene rings is 2. The summed E-state index contributed by atoms with van der Waals surface area (Å²) >= 11 is 0. The molecule has 1 N–H and O–H groups in total. The Hall–Kier alpha value is -2.82. The third-order valence-corrected chi connectivity index (χ3v) is 2.70. The van der Waals surface area contributed by atoms with Gasteiger partial charge in [0.2, 0.25) is 5.91 Å². The van der Waals surface area contributed by atoms with E-state index in [2.05, 4.69) is 5.32 Å². The molecule has 5 nitrogen and oxygen atoms in total. The molecule has 0 saturated heterocycles. The van der Waals surface area contributed by atoms with E-state index in [1.807, 2.05) is 6.07 Å². The van der Waals surface area contributed by atoms with E-state index >= 15 is 0 Å². The van der Waals surface area contributed by atoms with Gasteiger partial charge in [-0.1, -0.05) is 18.2 Å². The largest absolute Gasteiger partial charge is 0.495 e. The van der Waals surface area contributed by atoms with Crippen LogP contribution < -0.4 is 14.8 Å². The molecular formula is C16H15NO4. The van der Waals surface area contributed by atoms with Crippen molar-refractivity contribution in [2.75, 3.05) is 12.4 Å². The number of para-hydroxylation sites is 1. The molecule has 0 spiro atoms. The monoisotopic (exact) mass is 285 g/mol. The second kappa shape index (κ2) is 6.56. The predicted molar refractivity (Wildman–Crippen MR) is 78.7 cm³/mol. The molecule has 1 amide bonds. The summed E-state index contributed by atoms with van der Waals surface area (Å²) in [7, 11) is 1.49. The molecule has 0 saturated carbocycles. The van der Waals surface area contributed by atoms with Gasteiger partial charge >= 0.3 is 5.97 Å². The number of rotatable bonds is 4. The maximum absolute atomic E-state index is 12.1. The molecule has 108 valence electrons. The SMILES string of the molecule is COc1ccc(C(=O)Oc2ccccc2)cc1NC(C)=O. The Morgan fingerprint density at radius 3 is 2.38 bits per heavy atom. The van der Waals surface area contributed by atoms with Crippen molar-refractivity contribution in [1.29, 1.82) is 0 Å². The minimum absolute atomic E-state index is 0.248. The molecule has 0 heterocycles. The Kier molecular flexibility index (Phi) is 4.56. The number of carbonyl (C=O) groups is 2. The number of carbonyl (C=O) groups excluding carboxylic acids is 2. The Labute approximate surface area is 122 Å². The lowest BCUT2D eigenvalue weighted by molar-refractivity contribution is -0.114. The standard InChI is InChI=1S/C16H15NO4/c1-11(18)17-14-10-12(8-9-15(14)20-2)16(19)21-13-6-4-3-5-7-13/h3-10H,1-2H3,(H,17,18). The smallest absolute Gasteiger partial charge is 0.343 e. The van der Waals surface area contributed by atoms with Crippen LogP contribution in [0.25, 0.3) is 0 Å². The van der Waals surface area contributed by atoms with Gasteiger partial charge in [-0.15, -0.1) is 0 Å². The third kappa shape index (κ3) is 3.82. The van der Waals surface area contributed by atoms with E-state index < -0.39 is 5.97 Å². The molecule has 0 unspecified atom stereocenters. The molecule has 0 fully saturated rings. The summed E-state index contributed by atoms with van der Waals surface area (Å²) in [5.74, 6) is 0.179. The first-order valence-electron chi connectivity index (χ1n) is 6.33. The summed E-state index contributed by atoms with van der Waals surface area (Å²) < 4.78 is 10.4. The van der Waals surface area contributed by atoms with Gasteiger partial charge < -0.3 is 14.8 Å². The van der Waals surface area contributed by atoms with Gasteiger partial charge in [0.15, 0.2) is 0 Å². The average molecular weight is 285 g/mol. The number of hydrogen-bond acceptors (Lipinski definition) is 4. The molecule has 5 heteroatoms. The second-order valence-electron chi connectivity index (χ2n) is 4.30. The fourth-order valence-electron chi connectivity index (χ4n) is 1.78. The van der Waals surface area contributed by atoms with Gasteiger partial charge in [0.05, 0.1) is 18.4 Å². The Bertz CT molecular complexity index is 653. The quantitative estimate of drug-likeness (QED) is 0.693. The molecule has 2 aromatic rings. The Balaban J connectivity index is 2.23. The van der Waals surface area contributed by atoms with Crippen LogP contribution in [0.5, 0.6) is 11.5 Å². The van der Waals surface area contributed by atoms with Gasteiger partial charge in [-0.3, -0.25) is 4.79 Å². The van der Waals surface area contributed by atoms with E-state index in [0.717, 1.165) is 0 Å². The van der Waals surface area contributed by atoms with Crippen LogP contribution in [0.2, 0.25) is 0 Å². The summed E-state index contributed by atoms with van der Waals surface area (Å²) in [6.07, 6.45) is 0. The molecule has 21 heavy (non-hydrogen) atoms. The van der Waals surface area contributed by atoms with Gasteiger partial charge in [-0.05, 0) is 30.3 Å². The van der Waals surface area contributed by atoms with Crippen LogP contribution in [-0.4, -0.2) is 19.0 Å². The number of esters is 1. The molecule has 0 atom stereocenters. The van der Waals surface area contributed by atoms with Crippen LogP contribution in [0.4, 0.5) is 5.69 Å². The van der Waals surface area contributed by atoms with Crippen molar-refractivity contribution in [3.05, 3.63) is 54.1 Å². The van der Waals surface area contributed by atoms with Crippen LogP contribution in [0.1, 0.15) is 17.3 Å². The fraction of sp³-hybridized carbons (Fsp3) is 0.125. The molecular weight excluding hydrogens is 270 g/mol.